The van der Waals surface area contributed by atoms with E-state index in [4.69, 9.17) is 5.14 Å². The summed E-state index contributed by atoms with van der Waals surface area (Å²) in [5, 5.41) is 13.4. The number of hydrogen-bond acceptors (Lipinski definition) is 7. The van der Waals surface area contributed by atoms with Crippen LogP contribution in [0.1, 0.15) is 29.7 Å². The van der Waals surface area contributed by atoms with Gasteiger partial charge in [-0.25, -0.2) is 18.5 Å². The van der Waals surface area contributed by atoms with Crippen molar-refractivity contribution < 1.29 is 18.0 Å². The normalized spacial score (nSPS) is 15.6. The van der Waals surface area contributed by atoms with Crippen LogP contribution in [-0.4, -0.2) is 49.8 Å². The van der Waals surface area contributed by atoms with Crippen LogP contribution in [0.3, 0.4) is 0 Å². The summed E-state index contributed by atoms with van der Waals surface area (Å²) in [7, 11) is -3.87. The molecule has 0 saturated carbocycles. The molecule has 168 valence electrons. The number of aromatic nitrogens is 1. The van der Waals surface area contributed by atoms with Crippen molar-refractivity contribution in [2.45, 2.75) is 38.5 Å². The smallest absolute Gasteiger partial charge is 0.238 e. The van der Waals surface area contributed by atoms with E-state index in [1.165, 1.54) is 23.5 Å². The Morgan fingerprint density at radius 1 is 1.19 bits per heavy atom. The number of primary sulfonamides is 1. The fourth-order valence-electron chi connectivity index (χ4n) is 3.49. The van der Waals surface area contributed by atoms with Gasteiger partial charge in [0.2, 0.25) is 21.8 Å². The molecule has 11 heteroatoms. The van der Waals surface area contributed by atoms with Crippen LogP contribution >= 0.6 is 11.3 Å². The second-order valence-electron chi connectivity index (χ2n) is 7.84. The highest BCUT2D eigenvalue weighted by molar-refractivity contribution is 7.89. The van der Waals surface area contributed by atoms with Crippen molar-refractivity contribution in [2.24, 2.45) is 11.1 Å². The zero-order valence-electron chi connectivity index (χ0n) is 17.8. The van der Waals surface area contributed by atoms with Crippen molar-refractivity contribution in [3.05, 3.63) is 34.3 Å². The number of thiazole rings is 1. The number of amides is 2. The molecule has 0 atom stereocenters. The second-order valence-corrected chi connectivity index (χ2v) is 10.3. The fraction of sp³-hybridized carbons (Fsp3) is 0.450. The zero-order valence-corrected chi connectivity index (χ0v) is 19.4. The topological polar surface area (TPSA) is 134 Å². The molecular formula is C20H27N5O4S2. The molecule has 31 heavy (non-hydrogen) atoms. The number of hydrogen-bond donors (Lipinski definition) is 3. The Bertz CT molecular complexity index is 1090. The molecule has 1 aromatic carbocycles. The van der Waals surface area contributed by atoms with Gasteiger partial charge in [-0.2, -0.15) is 0 Å². The fourth-order valence-corrected chi connectivity index (χ4v) is 4.80. The molecule has 2 amide bonds. The largest absolute Gasteiger partial charge is 0.325 e. The Hall–Kier alpha value is -2.34. The molecule has 3 rings (SSSR count). The van der Waals surface area contributed by atoms with Gasteiger partial charge in [0.05, 0.1) is 17.1 Å². The van der Waals surface area contributed by atoms with Gasteiger partial charge in [-0.3, -0.25) is 14.5 Å². The van der Waals surface area contributed by atoms with Crippen LogP contribution in [0, 0.1) is 26.7 Å². The number of piperidine rings is 1. The number of benzene rings is 1. The number of anilines is 2. The third kappa shape index (κ3) is 6.10. The van der Waals surface area contributed by atoms with Crippen LogP contribution in [0.4, 0.5) is 10.8 Å². The zero-order chi connectivity index (χ0) is 22.8. The van der Waals surface area contributed by atoms with E-state index in [1.54, 1.807) is 6.92 Å². The Kier molecular flexibility index (Phi) is 7.10. The Balaban J connectivity index is 1.53. The van der Waals surface area contributed by atoms with E-state index in [-0.39, 0.29) is 29.2 Å². The van der Waals surface area contributed by atoms with Crippen LogP contribution in [0.15, 0.2) is 22.4 Å². The SMILES string of the molecule is Cc1csc(NC(=O)C2CCN(CC(=O)Nc3cc(S(N)(=O)=O)cc(C)c3C)CC2)n1. The number of nitrogens with zero attached hydrogens (tertiary/aromatic N) is 2. The predicted molar refractivity (Wildman–Crippen MR) is 121 cm³/mol. The lowest BCUT2D eigenvalue weighted by Gasteiger charge is -2.30. The minimum absolute atomic E-state index is 0.0341. The summed E-state index contributed by atoms with van der Waals surface area (Å²) in [5.74, 6) is -0.389. The lowest BCUT2D eigenvalue weighted by atomic mass is 9.96. The summed E-state index contributed by atoms with van der Waals surface area (Å²) in [6.07, 6.45) is 1.31. The Morgan fingerprint density at radius 3 is 2.45 bits per heavy atom. The molecule has 0 bridgehead atoms. The van der Waals surface area contributed by atoms with E-state index in [9.17, 15) is 18.0 Å². The first kappa shape index (κ1) is 23.3. The number of rotatable bonds is 6. The maximum absolute atomic E-state index is 12.5. The van der Waals surface area contributed by atoms with E-state index < -0.39 is 10.0 Å². The van der Waals surface area contributed by atoms with Gasteiger partial charge in [0, 0.05) is 17.0 Å². The van der Waals surface area contributed by atoms with E-state index in [2.05, 4.69) is 15.6 Å². The minimum Gasteiger partial charge on any atom is -0.325 e. The maximum atomic E-state index is 12.5. The third-order valence-corrected chi connectivity index (χ3v) is 7.19. The summed E-state index contributed by atoms with van der Waals surface area (Å²) in [6.45, 7) is 6.87. The van der Waals surface area contributed by atoms with Gasteiger partial charge >= 0.3 is 0 Å². The summed E-state index contributed by atoms with van der Waals surface area (Å²) in [4.78, 5) is 31.2. The molecule has 2 aromatic rings. The van der Waals surface area contributed by atoms with Crippen molar-refractivity contribution >= 4 is 44.0 Å². The summed E-state index contributed by atoms with van der Waals surface area (Å²) >= 11 is 1.40. The van der Waals surface area contributed by atoms with Crippen molar-refractivity contribution in [3.63, 3.8) is 0 Å². The molecule has 4 N–H and O–H groups in total. The van der Waals surface area contributed by atoms with Gasteiger partial charge < -0.3 is 10.6 Å². The average molecular weight is 466 g/mol. The number of carbonyl (C=O) groups excluding carboxylic acids is 2. The first-order valence-corrected chi connectivity index (χ1v) is 12.3. The quantitative estimate of drug-likeness (QED) is 0.597. The maximum Gasteiger partial charge on any atom is 0.238 e. The van der Waals surface area contributed by atoms with Crippen LogP contribution in [-0.2, 0) is 19.6 Å². The number of sulfonamides is 1. The average Bonchev–Trinajstić information content (AvgIpc) is 3.09. The molecule has 0 spiro atoms. The number of carbonyl (C=O) groups is 2. The highest BCUT2D eigenvalue weighted by atomic mass is 32.2. The Labute approximate surface area is 186 Å². The number of likely N-dealkylation sites (tertiary alicyclic amines) is 1. The molecular weight excluding hydrogens is 438 g/mol. The van der Waals surface area contributed by atoms with Crippen molar-refractivity contribution in [1.29, 1.82) is 0 Å². The highest BCUT2D eigenvalue weighted by Gasteiger charge is 2.26. The first-order valence-electron chi connectivity index (χ1n) is 9.92. The van der Waals surface area contributed by atoms with E-state index in [0.717, 1.165) is 16.8 Å². The van der Waals surface area contributed by atoms with Gasteiger partial charge in [0.1, 0.15) is 0 Å². The van der Waals surface area contributed by atoms with Crippen LogP contribution in [0.5, 0.6) is 0 Å². The summed E-state index contributed by atoms with van der Waals surface area (Å²) in [5.41, 5.74) is 2.82. The molecule has 1 aliphatic heterocycles. The van der Waals surface area contributed by atoms with Gasteiger partial charge in [-0.05, 0) is 70.0 Å². The van der Waals surface area contributed by atoms with Crippen molar-refractivity contribution in [2.75, 3.05) is 30.3 Å². The third-order valence-electron chi connectivity index (χ3n) is 5.42. The van der Waals surface area contributed by atoms with Gasteiger partial charge in [-0.15, -0.1) is 11.3 Å². The van der Waals surface area contributed by atoms with Crippen LogP contribution in [0.25, 0.3) is 0 Å². The molecule has 1 aliphatic rings. The summed E-state index contributed by atoms with van der Waals surface area (Å²) < 4.78 is 23.3. The van der Waals surface area contributed by atoms with Crippen LogP contribution in [0.2, 0.25) is 0 Å². The molecule has 1 saturated heterocycles. The molecule has 1 aromatic heterocycles. The van der Waals surface area contributed by atoms with E-state index >= 15 is 0 Å². The monoisotopic (exact) mass is 465 g/mol. The molecule has 9 nitrogen and oxygen atoms in total. The number of aryl methyl sites for hydroxylation is 2. The number of nitrogens with one attached hydrogen (secondary N) is 2. The number of nitrogens with two attached hydrogens (primary N) is 1. The highest BCUT2D eigenvalue weighted by Crippen LogP contribution is 2.24. The summed E-state index contributed by atoms with van der Waals surface area (Å²) in [6, 6.07) is 2.87. The molecule has 0 radical (unpaired) electrons. The molecule has 0 unspecified atom stereocenters. The van der Waals surface area contributed by atoms with Gasteiger partial charge in [0.15, 0.2) is 5.13 Å². The first-order chi connectivity index (χ1) is 14.5. The minimum atomic E-state index is -3.87. The van der Waals surface area contributed by atoms with Gasteiger partial charge in [-0.1, -0.05) is 0 Å². The van der Waals surface area contributed by atoms with Crippen LogP contribution < -0.4 is 15.8 Å². The van der Waals surface area contributed by atoms with Crippen molar-refractivity contribution in [3.8, 4) is 0 Å². The standard InChI is InChI=1S/C20H27N5O4S2/c1-12-8-16(31(21,28)29)9-17(14(12)3)23-18(26)10-25-6-4-15(5-7-25)19(27)24-20-22-13(2)11-30-20/h8-9,11,15H,4-7,10H2,1-3H3,(H,23,26)(H2,21,28,29)(H,22,24,27). The molecule has 0 aliphatic carbocycles. The lowest BCUT2D eigenvalue weighted by Crippen LogP contribution is -2.41. The van der Waals surface area contributed by atoms with E-state index in [0.29, 0.717) is 36.8 Å². The van der Waals surface area contributed by atoms with E-state index in [1.807, 2.05) is 24.1 Å². The second kappa shape index (κ2) is 9.43. The lowest BCUT2D eigenvalue weighted by molar-refractivity contribution is -0.121. The molecule has 1 fully saturated rings. The molecule has 2 heterocycles. The van der Waals surface area contributed by atoms with Crippen molar-refractivity contribution in [1.82, 2.24) is 9.88 Å². The predicted octanol–water partition coefficient (Wildman–Crippen LogP) is 2.00. The Morgan fingerprint density at radius 2 is 1.87 bits per heavy atom. The van der Waals surface area contributed by atoms with Gasteiger partial charge in [0.25, 0.3) is 0 Å².